The first-order valence-electron chi connectivity index (χ1n) is 11.3. The fraction of sp³-hybridized carbons (Fsp3) is 0.269. The van der Waals surface area contributed by atoms with E-state index in [0.29, 0.717) is 18.1 Å². The summed E-state index contributed by atoms with van der Waals surface area (Å²) in [7, 11) is 0. The lowest BCUT2D eigenvalue weighted by Gasteiger charge is -2.33. The molecular weight excluding hydrogens is 434 g/mol. The summed E-state index contributed by atoms with van der Waals surface area (Å²) in [6.45, 7) is 2.17. The van der Waals surface area contributed by atoms with Gasteiger partial charge in [-0.3, -0.25) is 4.79 Å². The number of hydrogen-bond donors (Lipinski definition) is 1. The maximum Gasteiger partial charge on any atom is 0.224 e. The van der Waals surface area contributed by atoms with E-state index in [1.165, 1.54) is 5.56 Å². The quantitative estimate of drug-likeness (QED) is 0.457. The highest BCUT2D eigenvalue weighted by Crippen LogP contribution is 2.31. The molecule has 1 amide bonds. The summed E-state index contributed by atoms with van der Waals surface area (Å²) in [4.78, 5) is 19.7. The van der Waals surface area contributed by atoms with Crippen LogP contribution in [0.15, 0.2) is 73.1 Å². The van der Waals surface area contributed by atoms with E-state index in [2.05, 4.69) is 27.3 Å². The van der Waals surface area contributed by atoms with Crippen LogP contribution in [-0.2, 0) is 11.2 Å². The van der Waals surface area contributed by atoms with Crippen LogP contribution < -0.4 is 10.2 Å². The molecule has 7 heteroatoms. The number of amides is 1. The molecule has 2 aromatic heterocycles. The maximum atomic E-state index is 12.9. The summed E-state index contributed by atoms with van der Waals surface area (Å²) in [5.41, 5.74) is 3.84. The molecule has 5 rings (SSSR count). The van der Waals surface area contributed by atoms with Gasteiger partial charge in [-0.15, -0.1) is 0 Å². The molecule has 0 unspecified atom stereocenters. The largest absolute Gasteiger partial charge is 0.355 e. The van der Waals surface area contributed by atoms with Gasteiger partial charge in [0.2, 0.25) is 5.91 Å². The van der Waals surface area contributed by atoms with Crippen LogP contribution in [0.25, 0.3) is 16.8 Å². The number of anilines is 1. The number of benzene rings is 2. The van der Waals surface area contributed by atoms with Crippen LogP contribution in [0.4, 0.5) is 5.82 Å². The zero-order valence-electron chi connectivity index (χ0n) is 18.3. The molecule has 0 spiro atoms. The molecule has 1 fully saturated rings. The number of hydrogen-bond acceptors (Lipinski definition) is 4. The lowest BCUT2D eigenvalue weighted by Crippen LogP contribution is -2.44. The van der Waals surface area contributed by atoms with Crippen molar-refractivity contribution in [2.45, 2.75) is 19.3 Å². The van der Waals surface area contributed by atoms with Gasteiger partial charge in [-0.2, -0.15) is 5.10 Å². The Morgan fingerprint density at radius 1 is 1.12 bits per heavy atom. The van der Waals surface area contributed by atoms with Gasteiger partial charge in [-0.05, 0) is 37.0 Å². The SMILES string of the molecule is O=C(NCCc1ccccc1)[C@H]1CCCN(c2nccn3nc(-c4ccccc4Cl)cc23)C1. The molecule has 3 heterocycles. The Hall–Kier alpha value is -3.38. The van der Waals surface area contributed by atoms with E-state index in [-0.39, 0.29) is 11.8 Å². The smallest absolute Gasteiger partial charge is 0.224 e. The Kier molecular flexibility index (Phi) is 6.26. The Morgan fingerprint density at radius 2 is 1.94 bits per heavy atom. The molecule has 2 aromatic carbocycles. The summed E-state index contributed by atoms with van der Waals surface area (Å²) in [6, 6.07) is 19.9. The van der Waals surface area contributed by atoms with Crippen LogP contribution in [0, 0.1) is 5.92 Å². The number of carbonyl (C=O) groups is 1. The second-order valence-electron chi connectivity index (χ2n) is 8.40. The minimum Gasteiger partial charge on any atom is -0.355 e. The Labute approximate surface area is 198 Å². The van der Waals surface area contributed by atoms with Gasteiger partial charge in [0, 0.05) is 37.6 Å². The average Bonchev–Trinajstić information content (AvgIpc) is 3.29. The highest BCUT2D eigenvalue weighted by molar-refractivity contribution is 6.33. The Balaban J connectivity index is 1.30. The van der Waals surface area contributed by atoms with Crippen molar-refractivity contribution in [3.63, 3.8) is 0 Å². The van der Waals surface area contributed by atoms with Gasteiger partial charge in [0.25, 0.3) is 0 Å². The van der Waals surface area contributed by atoms with Crippen molar-refractivity contribution < 1.29 is 4.79 Å². The lowest BCUT2D eigenvalue weighted by molar-refractivity contribution is -0.125. The summed E-state index contributed by atoms with van der Waals surface area (Å²) in [5, 5.41) is 8.50. The molecule has 6 nitrogen and oxygen atoms in total. The van der Waals surface area contributed by atoms with Crippen LogP contribution >= 0.6 is 11.6 Å². The van der Waals surface area contributed by atoms with E-state index >= 15 is 0 Å². The van der Waals surface area contributed by atoms with E-state index in [0.717, 1.165) is 48.4 Å². The monoisotopic (exact) mass is 459 g/mol. The molecule has 0 saturated carbocycles. The van der Waals surface area contributed by atoms with Gasteiger partial charge < -0.3 is 10.2 Å². The second kappa shape index (κ2) is 9.63. The predicted molar refractivity (Wildman–Crippen MR) is 132 cm³/mol. The summed E-state index contributed by atoms with van der Waals surface area (Å²) < 4.78 is 1.84. The number of rotatable bonds is 6. The third-order valence-electron chi connectivity index (χ3n) is 6.17. The first-order chi connectivity index (χ1) is 16.2. The van der Waals surface area contributed by atoms with E-state index in [9.17, 15) is 4.79 Å². The third kappa shape index (κ3) is 4.71. The van der Waals surface area contributed by atoms with Gasteiger partial charge in [-0.25, -0.2) is 9.50 Å². The fourth-order valence-electron chi connectivity index (χ4n) is 4.46. The van der Waals surface area contributed by atoms with Crippen molar-refractivity contribution >= 4 is 28.8 Å². The second-order valence-corrected chi connectivity index (χ2v) is 8.81. The lowest BCUT2D eigenvalue weighted by atomic mass is 9.97. The Bertz CT molecular complexity index is 1260. The minimum absolute atomic E-state index is 0.0532. The molecular formula is C26H26ClN5O. The normalized spacial score (nSPS) is 16.2. The molecule has 1 N–H and O–H groups in total. The van der Waals surface area contributed by atoms with Crippen molar-refractivity contribution in [3.05, 3.63) is 83.6 Å². The van der Waals surface area contributed by atoms with Gasteiger partial charge >= 0.3 is 0 Å². The zero-order chi connectivity index (χ0) is 22.6. The summed E-state index contributed by atoms with van der Waals surface area (Å²) in [5.74, 6) is 0.917. The van der Waals surface area contributed by atoms with Crippen LogP contribution in [0.2, 0.25) is 5.02 Å². The van der Waals surface area contributed by atoms with Gasteiger partial charge in [0.15, 0.2) is 5.82 Å². The number of carbonyl (C=O) groups excluding carboxylic acids is 1. The number of aromatic nitrogens is 3. The highest BCUT2D eigenvalue weighted by atomic mass is 35.5. The number of halogens is 1. The average molecular weight is 460 g/mol. The molecule has 1 aliphatic heterocycles. The maximum absolute atomic E-state index is 12.9. The molecule has 33 heavy (non-hydrogen) atoms. The summed E-state index contributed by atoms with van der Waals surface area (Å²) >= 11 is 6.39. The number of piperidine rings is 1. The van der Waals surface area contributed by atoms with Crippen molar-refractivity contribution in [2.24, 2.45) is 5.92 Å². The van der Waals surface area contributed by atoms with E-state index < -0.39 is 0 Å². The molecule has 168 valence electrons. The molecule has 1 aliphatic rings. The van der Waals surface area contributed by atoms with Gasteiger partial charge in [-0.1, -0.05) is 60.1 Å². The standard InChI is InChI=1S/C26H26ClN5O/c27-22-11-5-4-10-21(22)23-17-24-25(28-14-16-32(24)30-23)31-15-6-9-20(18-31)26(33)29-13-12-19-7-2-1-3-8-19/h1-5,7-8,10-11,14,16-17,20H,6,9,12-13,15,18H2,(H,29,33)/t20-/m0/s1. The first kappa shape index (κ1) is 21.5. The molecule has 1 atom stereocenters. The molecule has 0 bridgehead atoms. The number of nitrogens with one attached hydrogen (secondary N) is 1. The van der Waals surface area contributed by atoms with Crippen LogP contribution in [0.1, 0.15) is 18.4 Å². The Morgan fingerprint density at radius 3 is 2.79 bits per heavy atom. The predicted octanol–water partition coefficient (Wildman–Crippen LogP) is 4.63. The van der Waals surface area contributed by atoms with Gasteiger partial charge in [0.1, 0.15) is 5.52 Å². The van der Waals surface area contributed by atoms with Crippen molar-refractivity contribution in [1.29, 1.82) is 0 Å². The molecule has 0 aliphatic carbocycles. The third-order valence-corrected chi connectivity index (χ3v) is 6.50. The number of nitrogens with zero attached hydrogens (tertiary/aromatic N) is 4. The van der Waals surface area contributed by atoms with E-state index in [1.807, 2.05) is 59.2 Å². The van der Waals surface area contributed by atoms with E-state index in [4.69, 9.17) is 16.7 Å². The molecule has 4 aromatic rings. The highest BCUT2D eigenvalue weighted by Gasteiger charge is 2.27. The van der Waals surface area contributed by atoms with Crippen molar-refractivity contribution in [3.8, 4) is 11.3 Å². The van der Waals surface area contributed by atoms with Crippen molar-refractivity contribution in [2.75, 3.05) is 24.5 Å². The van der Waals surface area contributed by atoms with Crippen molar-refractivity contribution in [1.82, 2.24) is 19.9 Å². The van der Waals surface area contributed by atoms with Crippen LogP contribution in [-0.4, -0.2) is 40.1 Å². The number of fused-ring (bicyclic) bond motifs is 1. The topological polar surface area (TPSA) is 62.5 Å². The van der Waals surface area contributed by atoms with Crippen LogP contribution in [0.5, 0.6) is 0 Å². The molecule has 1 saturated heterocycles. The van der Waals surface area contributed by atoms with Gasteiger partial charge in [0.05, 0.1) is 16.6 Å². The zero-order valence-corrected chi connectivity index (χ0v) is 19.1. The van der Waals surface area contributed by atoms with Crippen LogP contribution in [0.3, 0.4) is 0 Å². The van der Waals surface area contributed by atoms with E-state index in [1.54, 1.807) is 6.20 Å². The minimum atomic E-state index is -0.0532. The fourth-order valence-corrected chi connectivity index (χ4v) is 4.69. The first-order valence-corrected chi connectivity index (χ1v) is 11.7. The summed E-state index contributed by atoms with van der Waals surface area (Å²) in [6.07, 6.45) is 6.28. The molecule has 0 radical (unpaired) electrons.